The van der Waals surface area contributed by atoms with E-state index in [1.165, 1.54) is 0 Å². The number of hydrogen-bond acceptors (Lipinski definition) is 4. The van der Waals surface area contributed by atoms with Crippen LogP contribution in [-0.2, 0) is 19.5 Å². The highest BCUT2D eigenvalue weighted by molar-refractivity contribution is 5.19. The Labute approximate surface area is 114 Å². The summed E-state index contributed by atoms with van der Waals surface area (Å²) in [4.78, 5) is 6.55. The van der Waals surface area contributed by atoms with E-state index < -0.39 is 0 Å². The van der Waals surface area contributed by atoms with Gasteiger partial charge in [-0.05, 0) is 37.7 Å². The fourth-order valence-electron chi connectivity index (χ4n) is 2.07. The molecule has 0 radical (unpaired) electrons. The molecule has 2 aromatic heterocycles. The predicted octanol–water partition coefficient (Wildman–Crippen LogP) is 2.12. The van der Waals surface area contributed by atoms with Crippen molar-refractivity contribution in [3.8, 4) is 0 Å². The van der Waals surface area contributed by atoms with E-state index >= 15 is 0 Å². The average Bonchev–Trinajstić information content (AvgIpc) is 2.77. The number of aromatic nitrogens is 1. The second kappa shape index (κ2) is 6.50. The molecule has 0 bridgehead atoms. The molecule has 2 aromatic rings. The van der Waals surface area contributed by atoms with Gasteiger partial charge in [0, 0.05) is 24.9 Å². The smallest absolute Gasteiger partial charge is 0.120 e. The lowest BCUT2D eigenvalue weighted by atomic mass is 10.2. The van der Waals surface area contributed by atoms with Crippen LogP contribution in [0.5, 0.6) is 0 Å². The molecule has 0 aliphatic heterocycles. The molecule has 102 valence electrons. The minimum absolute atomic E-state index is 0.462. The van der Waals surface area contributed by atoms with Crippen molar-refractivity contribution >= 4 is 0 Å². The Morgan fingerprint density at radius 1 is 1.37 bits per heavy atom. The molecule has 4 nitrogen and oxygen atoms in total. The summed E-state index contributed by atoms with van der Waals surface area (Å²) in [6.45, 7) is 4.24. The molecule has 0 spiro atoms. The van der Waals surface area contributed by atoms with Crippen LogP contribution in [0.2, 0.25) is 0 Å². The van der Waals surface area contributed by atoms with Crippen molar-refractivity contribution in [3.05, 3.63) is 53.2 Å². The van der Waals surface area contributed by atoms with Gasteiger partial charge in [-0.25, -0.2) is 0 Å². The zero-order valence-corrected chi connectivity index (χ0v) is 11.6. The molecule has 0 fully saturated rings. The molecular weight excluding hydrogens is 238 g/mol. The van der Waals surface area contributed by atoms with Gasteiger partial charge in [0.25, 0.3) is 0 Å². The van der Waals surface area contributed by atoms with Crippen molar-refractivity contribution < 1.29 is 4.42 Å². The normalized spacial score (nSPS) is 11.2. The second-order valence-corrected chi connectivity index (χ2v) is 4.83. The highest BCUT2D eigenvalue weighted by atomic mass is 16.3. The van der Waals surface area contributed by atoms with Crippen LogP contribution < -0.4 is 5.73 Å². The SMILES string of the molecule is Cc1cc(CN(C)CCc2ccccn2)oc1CN. The van der Waals surface area contributed by atoms with Crippen LogP contribution >= 0.6 is 0 Å². The molecule has 2 heterocycles. The summed E-state index contributed by atoms with van der Waals surface area (Å²) >= 11 is 0. The van der Waals surface area contributed by atoms with E-state index in [-0.39, 0.29) is 0 Å². The van der Waals surface area contributed by atoms with Gasteiger partial charge in [0.05, 0.1) is 13.1 Å². The van der Waals surface area contributed by atoms with Crippen LogP contribution in [0, 0.1) is 6.92 Å². The number of likely N-dealkylation sites (N-methyl/N-ethyl adjacent to an activating group) is 1. The Hall–Kier alpha value is -1.65. The zero-order valence-electron chi connectivity index (χ0n) is 11.6. The Morgan fingerprint density at radius 2 is 2.21 bits per heavy atom. The van der Waals surface area contributed by atoms with Crippen molar-refractivity contribution in [2.45, 2.75) is 26.4 Å². The minimum atomic E-state index is 0.462. The molecule has 2 rings (SSSR count). The molecule has 0 aliphatic rings. The summed E-state index contributed by atoms with van der Waals surface area (Å²) in [5, 5.41) is 0. The number of nitrogens with two attached hydrogens (primary N) is 1. The summed E-state index contributed by atoms with van der Waals surface area (Å²) in [5.74, 6) is 1.86. The van der Waals surface area contributed by atoms with Crippen LogP contribution in [0.3, 0.4) is 0 Å². The van der Waals surface area contributed by atoms with Crippen LogP contribution in [0.4, 0.5) is 0 Å². The third-order valence-electron chi connectivity index (χ3n) is 3.16. The Bertz CT molecular complexity index is 507. The molecule has 2 N–H and O–H groups in total. The Morgan fingerprint density at radius 3 is 2.84 bits per heavy atom. The van der Waals surface area contributed by atoms with Gasteiger partial charge in [-0.3, -0.25) is 9.88 Å². The number of aryl methyl sites for hydroxylation is 1. The van der Waals surface area contributed by atoms with Crippen molar-refractivity contribution in [1.29, 1.82) is 0 Å². The maximum absolute atomic E-state index is 5.70. The van der Waals surface area contributed by atoms with Gasteiger partial charge in [-0.1, -0.05) is 6.07 Å². The van der Waals surface area contributed by atoms with Gasteiger partial charge in [0.1, 0.15) is 11.5 Å². The third-order valence-corrected chi connectivity index (χ3v) is 3.16. The summed E-state index contributed by atoms with van der Waals surface area (Å²) in [5.41, 5.74) is 7.87. The minimum Gasteiger partial charge on any atom is -0.463 e. The summed E-state index contributed by atoms with van der Waals surface area (Å²) in [7, 11) is 2.09. The molecule has 0 aromatic carbocycles. The van der Waals surface area contributed by atoms with E-state index in [2.05, 4.69) is 29.1 Å². The highest BCUT2D eigenvalue weighted by Gasteiger charge is 2.08. The molecule has 19 heavy (non-hydrogen) atoms. The maximum atomic E-state index is 5.70. The molecule has 0 saturated heterocycles. The largest absolute Gasteiger partial charge is 0.463 e. The first-order valence-corrected chi connectivity index (χ1v) is 6.55. The van der Waals surface area contributed by atoms with Crippen LogP contribution in [0.1, 0.15) is 22.8 Å². The van der Waals surface area contributed by atoms with Crippen LogP contribution in [0.25, 0.3) is 0 Å². The van der Waals surface area contributed by atoms with Gasteiger partial charge in [0.15, 0.2) is 0 Å². The van der Waals surface area contributed by atoms with E-state index in [9.17, 15) is 0 Å². The van der Waals surface area contributed by atoms with Crippen molar-refractivity contribution in [3.63, 3.8) is 0 Å². The number of hydrogen-bond donors (Lipinski definition) is 1. The van der Waals surface area contributed by atoms with Gasteiger partial charge in [-0.15, -0.1) is 0 Å². The monoisotopic (exact) mass is 259 g/mol. The van der Waals surface area contributed by atoms with E-state index in [1.807, 2.05) is 25.3 Å². The van der Waals surface area contributed by atoms with Crippen LogP contribution in [-0.4, -0.2) is 23.5 Å². The zero-order chi connectivity index (χ0) is 13.7. The molecule has 0 amide bonds. The van der Waals surface area contributed by atoms with Gasteiger partial charge >= 0.3 is 0 Å². The summed E-state index contributed by atoms with van der Waals surface area (Å²) in [6.07, 6.45) is 2.78. The fourth-order valence-corrected chi connectivity index (χ4v) is 2.07. The number of nitrogens with zero attached hydrogens (tertiary/aromatic N) is 2. The third kappa shape index (κ3) is 3.91. The second-order valence-electron chi connectivity index (χ2n) is 4.83. The number of pyridine rings is 1. The number of furan rings is 1. The molecule has 0 atom stereocenters. The van der Waals surface area contributed by atoms with Crippen molar-refractivity contribution in [2.24, 2.45) is 5.73 Å². The molecule has 4 heteroatoms. The highest BCUT2D eigenvalue weighted by Crippen LogP contribution is 2.15. The maximum Gasteiger partial charge on any atom is 0.120 e. The van der Waals surface area contributed by atoms with Gasteiger partial charge in [-0.2, -0.15) is 0 Å². The van der Waals surface area contributed by atoms with Crippen LogP contribution in [0.15, 0.2) is 34.9 Å². The van der Waals surface area contributed by atoms with Crippen molar-refractivity contribution in [1.82, 2.24) is 9.88 Å². The fraction of sp³-hybridized carbons (Fsp3) is 0.400. The Balaban J connectivity index is 1.85. The molecule has 0 saturated carbocycles. The van der Waals surface area contributed by atoms with E-state index in [4.69, 9.17) is 10.2 Å². The first-order chi connectivity index (χ1) is 9.19. The predicted molar refractivity (Wildman–Crippen MR) is 75.6 cm³/mol. The first kappa shape index (κ1) is 13.8. The van der Waals surface area contributed by atoms with E-state index in [0.29, 0.717) is 6.54 Å². The van der Waals surface area contributed by atoms with Crippen molar-refractivity contribution in [2.75, 3.05) is 13.6 Å². The first-order valence-electron chi connectivity index (χ1n) is 6.55. The summed E-state index contributed by atoms with van der Waals surface area (Å²) < 4.78 is 5.70. The molecular formula is C15H21N3O. The summed E-state index contributed by atoms with van der Waals surface area (Å²) in [6, 6.07) is 8.08. The lowest BCUT2D eigenvalue weighted by molar-refractivity contribution is 0.293. The average molecular weight is 259 g/mol. The lowest BCUT2D eigenvalue weighted by Gasteiger charge is -2.14. The lowest BCUT2D eigenvalue weighted by Crippen LogP contribution is -2.20. The van der Waals surface area contributed by atoms with Gasteiger partial charge in [0.2, 0.25) is 0 Å². The quantitative estimate of drug-likeness (QED) is 0.863. The van der Waals surface area contributed by atoms with E-state index in [0.717, 1.165) is 42.3 Å². The Kier molecular flexibility index (Phi) is 4.71. The molecule has 0 aliphatic carbocycles. The van der Waals surface area contributed by atoms with Gasteiger partial charge < -0.3 is 10.2 Å². The topological polar surface area (TPSA) is 55.3 Å². The number of rotatable bonds is 6. The van der Waals surface area contributed by atoms with E-state index in [1.54, 1.807) is 0 Å². The molecule has 0 unspecified atom stereocenters. The standard InChI is InChI=1S/C15H21N3O/c1-12-9-14(19-15(12)10-16)11-18(2)8-6-13-5-3-4-7-17-13/h3-5,7,9H,6,8,10-11,16H2,1-2H3.